The summed E-state index contributed by atoms with van der Waals surface area (Å²) >= 11 is 6.02. The first-order chi connectivity index (χ1) is 13.7. The monoisotopic (exact) mass is 411 g/mol. The molecule has 1 aromatic carbocycles. The van der Waals surface area contributed by atoms with Crippen LogP contribution in [0.2, 0.25) is 5.02 Å². The topological polar surface area (TPSA) is 50.7 Å². The zero-order valence-corrected chi connectivity index (χ0v) is 18.6. The van der Waals surface area contributed by atoms with Crippen LogP contribution in [0.5, 0.6) is 0 Å². The first-order valence-corrected chi connectivity index (χ1v) is 10.9. The van der Waals surface area contributed by atoms with Gasteiger partial charge in [-0.05, 0) is 67.2 Å². The molecule has 1 aliphatic carbocycles. The molecule has 0 radical (unpaired) electrons. The number of halogens is 1. The Balaban J connectivity index is 1.86. The molecule has 1 N–H and O–H groups in total. The molecule has 5 heteroatoms. The number of aromatic amines is 1. The second kappa shape index (κ2) is 7.32. The van der Waals surface area contributed by atoms with E-state index in [9.17, 15) is 4.79 Å². The third-order valence-electron chi connectivity index (χ3n) is 6.40. The van der Waals surface area contributed by atoms with Crippen molar-refractivity contribution >= 4 is 11.6 Å². The van der Waals surface area contributed by atoms with Gasteiger partial charge in [0.15, 0.2) is 0 Å². The van der Waals surface area contributed by atoms with Crippen molar-refractivity contribution in [3.63, 3.8) is 0 Å². The predicted molar refractivity (Wildman–Crippen MR) is 119 cm³/mol. The summed E-state index contributed by atoms with van der Waals surface area (Å²) in [5, 5.41) is 5.44. The van der Waals surface area contributed by atoms with E-state index >= 15 is 0 Å². The number of nitrogens with zero attached hydrogens (tertiary/aromatic N) is 2. The van der Waals surface area contributed by atoms with Gasteiger partial charge in [0.25, 0.3) is 5.56 Å². The van der Waals surface area contributed by atoms with Crippen molar-refractivity contribution in [3.8, 4) is 16.9 Å². The summed E-state index contributed by atoms with van der Waals surface area (Å²) in [6, 6.07) is 7.26. The third kappa shape index (κ3) is 4.13. The number of hydrogen-bond donors (Lipinski definition) is 1. The van der Waals surface area contributed by atoms with Crippen molar-refractivity contribution in [2.45, 2.75) is 66.2 Å². The summed E-state index contributed by atoms with van der Waals surface area (Å²) in [7, 11) is 0. The summed E-state index contributed by atoms with van der Waals surface area (Å²) < 4.78 is 1.50. The van der Waals surface area contributed by atoms with Gasteiger partial charge in [-0.15, -0.1) is 0 Å². The van der Waals surface area contributed by atoms with Gasteiger partial charge in [0, 0.05) is 22.5 Å². The van der Waals surface area contributed by atoms with E-state index in [1.54, 1.807) is 12.1 Å². The first-order valence-electron chi connectivity index (χ1n) is 10.5. The van der Waals surface area contributed by atoms with Gasteiger partial charge >= 0.3 is 0 Å². The molecule has 3 aliphatic rings. The largest absolute Gasteiger partial charge is 0.364 e. The molecule has 0 saturated carbocycles. The summed E-state index contributed by atoms with van der Waals surface area (Å²) in [5.74, 6) is 0. The smallest absolute Gasteiger partial charge is 0.282 e. The van der Waals surface area contributed by atoms with Crippen molar-refractivity contribution in [3.05, 3.63) is 57.1 Å². The van der Waals surface area contributed by atoms with Crippen molar-refractivity contribution in [2.75, 3.05) is 0 Å². The molecule has 0 amide bonds. The first kappa shape index (κ1) is 20.2. The number of H-pyrrole nitrogens is 1. The quantitative estimate of drug-likeness (QED) is 0.531. The summed E-state index contributed by atoms with van der Waals surface area (Å²) in [5.41, 5.74) is 5.06. The van der Waals surface area contributed by atoms with Crippen molar-refractivity contribution in [2.24, 2.45) is 10.8 Å². The number of pyridine rings is 1. The minimum absolute atomic E-state index is 0.0865. The zero-order chi connectivity index (χ0) is 20.8. The fourth-order valence-electron chi connectivity index (χ4n) is 4.53. The van der Waals surface area contributed by atoms with E-state index in [1.807, 2.05) is 18.3 Å². The fraction of sp³-hybridized carbons (Fsp3) is 0.500. The van der Waals surface area contributed by atoms with E-state index in [0.717, 1.165) is 30.6 Å². The van der Waals surface area contributed by atoms with Crippen molar-refractivity contribution < 1.29 is 0 Å². The molecule has 0 atom stereocenters. The molecule has 4 rings (SSSR count). The van der Waals surface area contributed by atoms with Gasteiger partial charge in [-0.3, -0.25) is 4.79 Å². The lowest BCUT2D eigenvalue weighted by atomic mass is 9.74. The molecule has 4 nitrogen and oxygen atoms in total. The summed E-state index contributed by atoms with van der Waals surface area (Å²) in [4.78, 5) is 16.6. The minimum atomic E-state index is -0.0865. The van der Waals surface area contributed by atoms with Gasteiger partial charge in [0.1, 0.15) is 5.69 Å². The molecular weight excluding hydrogens is 382 g/mol. The fourth-order valence-corrected chi connectivity index (χ4v) is 4.65. The Morgan fingerprint density at radius 2 is 1.72 bits per heavy atom. The van der Waals surface area contributed by atoms with E-state index < -0.39 is 0 Å². The van der Waals surface area contributed by atoms with Crippen LogP contribution in [-0.4, -0.2) is 14.8 Å². The van der Waals surface area contributed by atoms with Gasteiger partial charge in [-0.2, -0.15) is 9.78 Å². The number of fused-ring (bicyclic) bond motifs is 3. The number of hydrogen-bond acceptors (Lipinski definition) is 2. The summed E-state index contributed by atoms with van der Waals surface area (Å²) in [6.07, 6.45) is 8.55. The van der Waals surface area contributed by atoms with E-state index in [-0.39, 0.29) is 11.0 Å². The standard InChI is InChI=1S/C24H30ClN3O/c1-23(2)11-5-12-24(3,4)14-18-20(10-13-23)26-15-19-21(18)27-28(22(19)29)17-8-6-16(25)7-9-17/h6-9,15,26H,5,10-14H2,1-4H3. The molecule has 0 unspecified atom stereocenters. The average Bonchev–Trinajstić information content (AvgIpc) is 2.98. The van der Waals surface area contributed by atoms with Crippen LogP contribution in [0.25, 0.3) is 16.9 Å². The molecule has 29 heavy (non-hydrogen) atoms. The normalized spacial score (nSPS) is 19.1. The molecule has 2 aliphatic heterocycles. The molecule has 0 aromatic heterocycles. The maximum atomic E-state index is 13.1. The summed E-state index contributed by atoms with van der Waals surface area (Å²) in [6.45, 7) is 9.40. The second-order valence-corrected chi connectivity index (χ2v) is 10.5. The molecular formula is C24H30ClN3O. The number of benzene rings is 1. The lowest BCUT2D eigenvalue weighted by Crippen LogP contribution is -2.22. The highest BCUT2D eigenvalue weighted by molar-refractivity contribution is 6.30. The van der Waals surface area contributed by atoms with E-state index in [4.69, 9.17) is 16.7 Å². The molecule has 2 heterocycles. The van der Waals surface area contributed by atoms with Crippen LogP contribution in [0.15, 0.2) is 35.3 Å². The van der Waals surface area contributed by atoms with Crippen LogP contribution in [0.1, 0.15) is 64.6 Å². The van der Waals surface area contributed by atoms with Crippen LogP contribution >= 0.6 is 11.6 Å². The molecule has 154 valence electrons. The SMILES string of the molecule is CC1(C)CCCC(C)(C)Cc2c3nn(-c4ccc(Cl)cc4)c(=O)c-3c[nH]c2CC1. The lowest BCUT2D eigenvalue weighted by Gasteiger charge is -2.32. The Morgan fingerprint density at radius 3 is 2.45 bits per heavy atom. The third-order valence-corrected chi connectivity index (χ3v) is 6.66. The maximum absolute atomic E-state index is 13.1. The van der Waals surface area contributed by atoms with Gasteiger partial charge in [0.05, 0.1) is 11.3 Å². The van der Waals surface area contributed by atoms with Crippen LogP contribution in [0.4, 0.5) is 0 Å². The predicted octanol–water partition coefficient (Wildman–Crippen LogP) is 6.03. The number of aryl methyl sites for hydroxylation is 1. The number of aromatic nitrogens is 3. The molecule has 0 spiro atoms. The lowest BCUT2D eigenvalue weighted by molar-refractivity contribution is 0.246. The van der Waals surface area contributed by atoms with Gasteiger partial charge in [0.2, 0.25) is 0 Å². The van der Waals surface area contributed by atoms with Crippen molar-refractivity contribution in [1.29, 1.82) is 0 Å². The second-order valence-electron chi connectivity index (χ2n) is 10.1. The van der Waals surface area contributed by atoms with E-state index in [2.05, 4.69) is 32.7 Å². The molecule has 0 fully saturated rings. The Labute approximate surface area is 177 Å². The molecule has 1 aromatic rings. The maximum Gasteiger partial charge on any atom is 0.282 e. The molecule has 0 saturated heterocycles. The Morgan fingerprint density at radius 1 is 1.03 bits per heavy atom. The van der Waals surface area contributed by atoms with E-state index in [0.29, 0.717) is 16.0 Å². The van der Waals surface area contributed by atoms with Crippen LogP contribution < -0.4 is 5.56 Å². The number of rotatable bonds is 1. The van der Waals surface area contributed by atoms with Crippen LogP contribution in [0.3, 0.4) is 0 Å². The highest BCUT2D eigenvalue weighted by Crippen LogP contribution is 2.39. The molecule has 0 bridgehead atoms. The Bertz CT molecular complexity index is 1040. The van der Waals surface area contributed by atoms with Crippen LogP contribution in [0, 0.1) is 10.8 Å². The zero-order valence-electron chi connectivity index (χ0n) is 17.8. The van der Waals surface area contributed by atoms with Gasteiger partial charge in [-0.25, -0.2) is 0 Å². The Hall–Kier alpha value is -2.07. The Kier molecular flexibility index (Phi) is 5.10. The number of nitrogens with one attached hydrogen (secondary N) is 1. The highest BCUT2D eigenvalue weighted by Gasteiger charge is 2.30. The van der Waals surface area contributed by atoms with Crippen LogP contribution in [-0.2, 0) is 12.8 Å². The minimum Gasteiger partial charge on any atom is -0.364 e. The van der Waals surface area contributed by atoms with E-state index in [1.165, 1.54) is 35.2 Å². The highest BCUT2D eigenvalue weighted by atomic mass is 35.5. The van der Waals surface area contributed by atoms with Gasteiger partial charge in [-0.1, -0.05) is 45.7 Å². The average molecular weight is 412 g/mol. The van der Waals surface area contributed by atoms with Gasteiger partial charge < -0.3 is 4.98 Å². The van der Waals surface area contributed by atoms with Crippen molar-refractivity contribution in [1.82, 2.24) is 14.8 Å².